The van der Waals surface area contributed by atoms with Crippen LogP contribution in [0, 0.1) is 5.92 Å². The maximum atomic E-state index is 2.50. The molecule has 0 aromatic rings. The molecule has 1 unspecified atom stereocenters. The van der Waals surface area contributed by atoms with Crippen LogP contribution in [0.3, 0.4) is 0 Å². The molecule has 1 nitrogen and oxygen atoms in total. The van der Waals surface area contributed by atoms with Crippen molar-refractivity contribution in [1.29, 1.82) is 0 Å². The minimum Gasteiger partial charge on any atom is -0.319 e. The lowest BCUT2D eigenvalue weighted by atomic mass is 9.68. The van der Waals surface area contributed by atoms with Crippen molar-refractivity contribution in [1.82, 2.24) is 0 Å². The molecule has 0 rings (SSSR count). The Morgan fingerprint density at radius 3 is 0.811 bits per heavy atom. The van der Waals surface area contributed by atoms with Crippen LogP contribution in [0.5, 0.6) is 0 Å². The molecule has 1 heteroatoms. The smallest absolute Gasteiger partial charge is 0.102 e. The normalized spacial score (nSPS) is 13.0. The van der Waals surface area contributed by atoms with Gasteiger partial charge in [0, 0.05) is 18.8 Å². The molecule has 0 N–H and O–H groups in total. The van der Waals surface area contributed by atoms with Crippen LogP contribution in [0.1, 0.15) is 305 Å². The van der Waals surface area contributed by atoms with Crippen LogP contribution in [0.2, 0.25) is 0 Å². The van der Waals surface area contributed by atoms with Crippen molar-refractivity contribution in [2.45, 2.75) is 311 Å². The van der Waals surface area contributed by atoms with Gasteiger partial charge < -0.3 is 4.48 Å². The van der Waals surface area contributed by atoms with Gasteiger partial charge in [-0.05, 0) is 64.2 Å². The van der Waals surface area contributed by atoms with E-state index in [1.54, 1.807) is 0 Å². The Balaban J connectivity index is 6.66. The number of rotatable bonds is 45. The lowest BCUT2D eigenvalue weighted by Gasteiger charge is -2.58. The maximum absolute atomic E-state index is 2.50. The summed E-state index contributed by atoms with van der Waals surface area (Å²) in [4.78, 5) is 0. The van der Waals surface area contributed by atoms with Crippen molar-refractivity contribution in [2.75, 3.05) is 19.6 Å². The quantitative estimate of drug-likeness (QED) is 0.0430. The molecule has 0 aromatic carbocycles. The molecule has 0 amide bonds. The van der Waals surface area contributed by atoms with Crippen molar-refractivity contribution in [2.24, 2.45) is 5.92 Å². The monoisotopic (exact) mass is 747 g/mol. The molecule has 0 saturated heterocycles. The number of unbranched alkanes of at least 4 members (excludes halogenated alkanes) is 29. The molecule has 0 aliphatic heterocycles. The summed E-state index contributed by atoms with van der Waals surface area (Å²) in [6.45, 7) is 21.4. The van der Waals surface area contributed by atoms with E-state index < -0.39 is 0 Å². The van der Waals surface area contributed by atoms with E-state index >= 15 is 0 Å². The van der Waals surface area contributed by atoms with E-state index in [9.17, 15) is 0 Å². The van der Waals surface area contributed by atoms with Gasteiger partial charge in [0.05, 0.1) is 19.6 Å². The standard InChI is InChI=1S/C52H108N/c1-8-15-22-26-30-33-37-41-48-53(49-42-38-34-31-27-23-16-9-2,50-43-39-35-32-28-24-17-10-3)52(46-20-13-6,47-21-14-7)51(44-19-12-5)45-40-36-29-25-18-11-4/h51H,8-50H2,1-7H3/q+1. The third kappa shape index (κ3) is 26.5. The molecule has 1 atom stereocenters. The first kappa shape index (κ1) is 53.0. The Morgan fingerprint density at radius 1 is 0.264 bits per heavy atom. The van der Waals surface area contributed by atoms with Crippen molar-refractivity contribution < 1.29 is 4.48 Å². The topological polar surface area (TPSA) is 0 Å². The van der Waals surface area contributed by atoms with Crippen LogP contribution in [0.15, 0.2) is 0 Å². The molecule has 0 bridgehead atoms. The minimum absolute atomic E-state index is 0.494. The molecular formula is C52H108N+. The average Bonchev–Trinajstić information content (AvgIpc) is 3.17. The van der Waals surface area contributed by atoms with Gasteiger partial charge in [0.15, 0.2) is 0 Å². The van der Waals surface area contributed by atoms with Gasteiger partial charge in [-0.15, -0.1) is 0 Å². The molecule has 53 heavy (non-hydrogen) atoms. The lowest BCUT2D eigenvalue weighted by Crippen LogP contribution is -2.68. The largest absolute Gasteiger partial charge is 0.319 e. The highest BCUT2D eigenvalue weighted by Gasteiger charge is 2.53. The molecule has 0 fully saturated rings. The maximum Gasteiger partial charge on any atom is 0.102 e. The van der Waals surface area contributed by atoms with E-state index in [1.807, 2.05) is 0 Å². The Bertz CT molecular complexity index is 624. The van der Waals surface area contributed by atoms with Gasteiger partial charge in [-0.25, -0.2) is 0 Å². The summed E-state index contributed by atoms with van der Waals surface area (Å²) in [6.07, 6.45) is 58.2. The van der Waals surface area contributed by atoms with Gasteiger partial charge in [-0.1, -0.05) is 228 Å². The third-order valence-electron chi connectivity index (χ3n) is 13.8. The molecule has 0 radical (unpaired) electrons. The Hall–Kier alpha value is -0.0400. The lowest BCUT2D eigenvalue weighted by molar-refractivity contribution is -0.982. The number of hydrogen-bond donors (Lipinski definition) is 0. The van der Waals surface area contributed by atoms with Gasteiger partial charge in [-0.3, -0.25) is 0 Å². The van der Waals surface area contributed by atoms with Crippen LogP contribution in [0.4, 0.5) is 0 Å². The molecule has 0 spiro atoms. The Morgan fingerprint density at radius 2 is 0.509 bits per heavy atom. The molecule has 0 saturated carbocycles. The predicted molar refractivity (Wildman–Crippen MR) is 245 cm³/mol. The first-order valence-corrected chi connectivity index (χ1v) is 25.9. The number of hydrogen-bond acceptors (Lipinski definition) is 0. The van der Waals surface area contributed by atoms with Gasteiger partial charge in [0.1, 0.15) is 5.54 Å². The van der Waals surface area contributed by atoms with Crippen LogP contribution >= 0.6 is 0 Å². The fourth-order valence-corrected chi connectivity index (χ4v) is 10.3. The highest BCUT2D eigenvalue weighted by molar-refractivity contribution is 4.91. The average molecular weight is 747 g/mol. The predicted octanol–water partition coefficient (Wildman–Crippen LogP) is 18.9. The summed E-state index contributed by atoms with van der Waals surface area (Å²) < 4.78 is 1.53. The second-order valence-electron chi connectivity index (χ2n) is 18.4. The highest BCUT2D eigenvalue weighted by Crippen LogP contribution is 2.47. The van der Waals surface area contributed by atoms with Gasteiger partial charge in [0.25, 0.3) is 0 Å². The fraction of sp³-hybridized carbons (Fsp3) is 1.00. The van der Waals surface area contributed by atoms with Crippen LogP contribution < -0.4 is 0 Å². The fourth-order valence-electron chi connectivity index (χ4n) is 10.3. The van der Waals surface area contributed by atoms with Crippen molar-refractivity contribution in [3.8, 4) is 0 Å². The molecule has 0 aliphatic carbocycles. The summed E-state index contributed by atoms with van der Waals surface area (Å²) in [6, 6.07) is 0. The highest BCUT2D eigenvalue weighted by atomic mass is 15.4. The summed E-state index contributed by atoms with van der Waals surface area (Å²) in [5.74, 6) is 0.920. The summed E-state index contributed by atoms with van der Waals surface area (Å²) in [5, 5.41) is 0. The van der Waals surface area contributed by atoms with Gasteiger partial charge in [0.2, 0.25) is 0 Å². The van der Waals surface area contributed by atoms with E-state index in [-0.39, 0.29) is 0 Å². The molecule has 320 valence electrons. The second-order valence-corrected chi connectivity index (χ2v) is 18.4. The van der Waals surface area contributed by atoms with Crippen LogP contribution in [-0.2, 0) is 0 Å². The van der Waals surface area contributed by atoms with E-state index in [2.05, 4.69) is 48.5 Å². The summed E-state index contributed by atoms with van der Waals surface area (Å²) >= 11 is 0. The van der Waals surface area contributed by atoms with Crippen molar-refractivity contribution in [3.63, 3.8) is 0 Å². The molecule has 0 aromatic heterocycles. The first-order chi connectivity index (χ1) is 26.1. The number of quaternary nitrogens is 1. The first-order valence-electron chi connectivity index (χ1n) is 25.9. The molecule has 0 heterocycles. The van der Waals surface area contributed by atoms with E-state index in [4.69, 9.17) is 0 Å². The van der Waals surface area contributed by atoms with Crippen molar-refractivity contribution >= 4 is 0 Å². The third-order valence-corrected chi connectivity index (χ3v) is 13.8. The molecule has 0 aliphatic rings. The number of nitrogens with zero attached hydrogens (tertiary/aromatic N) is 1. The van der Waals surface area contributed by atoms with Crippen molar-refractivity contribution in [3.05, 3.63) is 0 Å². The zero-order chi connectivity index (χ0) is 39.0. The Kier molecular flexibility index (Phi) is 40.1. The SMILES string of the molecule is CCCCCCCCCC[N+](CCCCCCCCCC)(CCCCCCCCCC)C(CCCC)(CCCC)C(CCCC)CCCCCCCC. The zero-order valence-electron chi connectivity index (χ0n) is 38.9. The van der Waals surface area contributed by atoms with Crippen LogP contribution in [0.25, 0.3) is 0 Å². The second kappa shape index (κ2) is 40.2. The van der Waals surface area contributed by atoms with Crippen LogP contribution in [-0.4, -0.2) is 29.7 Å². The summed E-state index contributed by atoms with van der Waals surface area (Å²) in [5.41, 5.74) is 0.494. The van der Waals surface area contributed by atoms with Gasteiger partial charge >= 0.3 is 0 Å². The summed E-state index contributed by atoms with van der Waals surface area (Å²) in [7, 11) is 0. The molecular weight excluding hydrogens is 639 g/mol. The minimum atomic E-state index is 0.494. The van der Waals surface area contributed by atoms with Gasteiger partial charge in [-0.2, -0.15) is 0 Å². The zero-order valence-corrected chi connectivity index (χ0v) is 38.9. The van der Waals surface area contributed by atoms with E-state index in [0.29, 0.717) is 5.54 Å². The van der Waals surface area contributed by atoms with E-state index in [0.717, 1.165) is 5.92 Å². The Labute approximate surface area is 339 Å². The van der Waals surface area contributed by atoms with E-state index in [1.165, 1.54) is 281 Å².